The van der Waals surface area contributed by atoms with Gasteiger partial charge in [0.05, 0.1) is 23.1 Å². The SMILES string of the molecule is O=C(O)c1cccc(N2C(=O)[C@@H]3[C@@H]4C=C[C@H]([C@H]5C[C@@H]45)[C@@H]3C2=O)c1. The highest BCUT2D eigenvalue weighted by Gasteiger charge is 2.67. The molecule has 1 N–H and O–H groups in total. The zero-order valence-corrected chi connectivity index (χ0v) is 12.3. The lowest BCUT2D eigenvalue weighted by molar-refractivity contribution is -0.124. The van der Waals surface area contributed by atoms with Crippen LogP contribution in [0.3, 0.4) is 0 Å². The van der Waals surface area contributed by atoms with Crippen molar-refractivity contribution >= 4 is 23.5 Å². The lowest BCUT2D eigenvalue weighted by atomic mass is 9.63. The molecule has 5 nitrogen and oxygen atoms in total. The van der Waals surface area contributed by atoms with Crippen molar-refractivity contribution in [3.05, 3.63) is 42.0 Å². The van der Waals surface area contributed by atoms with Crippen LogP contribution in [0, 0.1) is 35.5 Å². The van der Waals surface area contributed by atoms with Gasteiger partial charge in [-0.2, -0.15) is 0 Å². The molecule has 1 heterocycles. The molecule has 3 fully saturated rings. The van der Waals surface area contributed by atoms with Gasteiger partial charge < -0.3 is 5.11 Å². The van der Waals surface area contributed by atoms with Gasteiger partial charge in [-0.25, -0.2) is 9.69 Å². The Kier molecular flexibility index (Phi) is 2.33. The third kappa shape index (κ3) is 1.54. The zero-order chi connectivity index (χ0) is 15.9. The molecular weight excluding hydrogens is 294 g/mol. The van der Waals surface area contributed by atoms with Crippen molar-refractivity contribution in [1.29, 1.82) is 0 Å². The number of hydrogen-bond donors (Lipinski definition) is 1. The van der Waals surface area contributed by atoms with Crippen LogP contribution in [-0.2, 0) is 9.59 Å². The number of benzene rings is 1. The van der Waals surface area contributed by atoms with Crippen molar-refractivity contribution in [3.8, 4) is 0 Å². The van der Waals surface area contributed by atoms with E-state index in [0.717, 1.165) is 6.42 Å². The summed E-state index contributed by atoms with van der Waals surface area (Å²) in [5.41, 5.74) is 0.462. The van der Waals surface area contributed by atoms with E-state index >= 15 is 0 Å². The first-order valence-electron chi connectivity index (χ1n) is 7.97. The smallest absolute Gasteiger partial charge is 0.335 e. The van der Waals surface area contributed by atoms with Gasteiger partial charge in [0.2, 0.25) is 11.8 Å². The summed E-state index contributed by atoms with van der Waals surface area (Å²) in [6, 6.07) is 6.08. The summed E-state index contributed by atoms with van der Waals surface area (Å²) in [4.78, 5) is 38.2. The summed E-state index contributed by atoms with van der Waals surface area (Å²) < 4.78 is 0. The number of aromatic carboxylic acids is 1. The van der Waals surface area contributed by atoms with E-state index in [0.29, 0.717) is 17.5 Å². The summed E-state index contributed by atoms with van der Waals surface area (Å²) in [6.45, 7) is 0. The molecule has 23 heavy (non-hydrogen) atoms. The van der Waals surface area contributed by atoms with Crippen LogP contribution in [0.1, 0.15) is 16.8 Å². The number of nitrogens with zero attached hydrogens (tertiary/aromatic N) is 1. The summed E-state index contributed by atoms with van der Waals surface area (Å²) in [7, 11) is 0. The van der Waals surface area contributed by atoms with E-state index in [1.807, 2.05) is 0 Å². The normalized spacial score (nSPS) is 39.4. The summed E-state index contributed by atoms with van der Waals surface area (Å²) in [5.74, 6) is -0.407. The lowest BCUT2D eigenvalue weighted by Crippen LogP contribution is -2.40. The molecule has 0 unspecified atom stereocenters. The maximum Gasteiger partial charge on any atom is 0.335 e. The van der Waals surface area contributed by atoms with Crippen LogP contribution < -0.4 is 4.90 Å². The summed E-state index contributed by atoms with van der Waals surface area (Å²) in [5, 5.41) is 9.13. The fourth-order valence-corrected chi connectivity index (χ4v) is 4.99. The maximum atomic E-state index is 12.9. The van der Waals surface area contributed by atoms with Crippen molar-refractivity contribution in [2.45, 2.75) is 6.42 Å². The van der Waals surface area contributed by atoms with Gasteiger partial charge in [0.25, 0.3) is 0 Å². The molecule has 5 aliphatic rings. The number of hydrogen-bond acceptors (Lipinski definition) is 3. The molecule has 116 valence electrons. The molecule has 0 spiro atoms. The predicted molar refractivity (Wildman–Crippen MR) is 80.6 cm³/mol. The van der Waals surface area contributed by atoms with E-state index in [9.17, 15) is 14.4 Å². The lowest BCUT2D eigenvalue weighted by Gasteiger charge is -2.37. The first-order chi connectivity index (χ1) is 11.1. The van der Waals surface area contributed by atoms with Crippen molar-refractivity contribution in [2.75, 3.05) is 4.90 Å². The number of anilines is 1. The average Bonchev–Trinajstić information content (AvgIpc) is 3.32. The van der Waals surface area contributed by atoms with E-state index in [2.05, 4.69) is 12.2 Å². The Balaban J connectivity index is 1.57. The standard InChI is InChI=1S/C18H15NO4/c20-16-14-10-4-5-11(13-7-12(10)13)15(14)17(21)19(16)9-3-1-2-8(6-9)18(22)23/h1-6,10-15H,7H2,(H,22,23)/t10-,11-,12-,13+,14+,15-/m1/s1. The molecule has 2 bridgehead atoms. The van der Waals surface area contributed by atoms with Crippen molar-refractivity contribution < 1.29 is 19.5 Å². The fraction of sp³-hybridized carbons (Fsp3) is 0.389. The third-order valence-corrected chi connectivity index (χ3v) is 6.01. The Bertz CT molecular complexity index is 762. The molecule has 0 radical (unpaired) electrons. The molecule has 1 aliphatic heterocycles. The van der Waals surface area contributed by atoms with Gasteiger partial charge in [0.1, 0.15) is 0 Å². The monoisotopic (exact) mass is 309 g/mol. The molecule has 4 aliphatic carbocycles. The van der Waals surface area contributed by atoms with E-state index in [1.165, 1.54) is 17.0 Å². The molecule has 6 atom stereocenters. The van der Waals surface area contributed by atoms with Gasteiger partial charge in [-0.1, -0.05) is 18.2 Å². The van der Waals surface area contributed by atoms with E-state index in [-0.39, 0.29) is 41.0 Å². The van der Waals surface area contributed by atoms with E-state index in [4.69, 9.17) is 5.11 Å². The Morgan fingerprint density at radius 3 is 2.22 bits per heavy atom. The maximum absolute atomic E-state index is 12.9. The Hall–Kier alpha value is -2.43. The van der Waals surface area contributed by atoms with Crippen LogP contribution in [0.5, 0.6) is 0 Å². The van der Waals surface area contributed by atoms with Crippen LogP contribution in [0.2, 0.25) is 0 Å². The fourth-order valence-electron chi connectivity index (χ4n) is 4.99. The van der Waals surface area contributed by atoms with Crippen molar-refractivity contribution in [2.24, 2.45) is 35.5 Å². The Morgan fingerprint density at radius 1 is 1.04 bits per heavy atom. The highest BCUT2D eigenvalue weighted by Crippen LogP contribution is 2.65. The molecule has 6 rings (SSSR count). The number of carbonyl (C=O) groups excluding carboxylic acids is 2. The molecule has 1 saturated heterocycles. The first kappa shape index (κ1) is 13.0. The molecule has 1 aromatic rings. The second-order valence-corrected chi connectivity index (χ2v) is 7.02. The average molecular weight is 309 g/mol. The minimum absolute atomic E-state index is 0.0851. The molecule has 2 saturated carbocycles. The molecule has 1 aromatic carbocycles. The van der Waals surface area contributed by atoms with Crippen LogP contribution in [-0.4, -0.2) is 22.9 Å². The number of carboxylic acid groups (broad SMARTS) is 1. The van der Waals surface area contributed by atoms with Gasteiger partial charge in [0.15, 0.2) is 0 Å². The van der Waals surface area contributed by atoms with Crippen LogP contribution >= 0.6 is 0 Å². The number of rotatable bonds is 2. The highest BCUT2D eigenvalue weighted by molar-refractivity contribution is 6.22. The van der Waals surface area contributed by atoms with E-state index in [1.54, 1.807) is 12.1 Å². The minimum atomic E-state index is -1.06. The van der Waals surface area contributed by atoms with Crippen LogP contribution in [0.4, 0.5) is 5.69 Å². The zero-order valence-electron chi connectivity index (χ0n) is 12.3. The number of carboxylic acids is 1. The summed E-state index contributed by atoms with van der Waals surface area (Å²) >= 11 is 0. The molecule has 0 aromatic heterocycles. The summed E-state index contributed by atoms with van der Waals surface area (Å²) in [6.07, 6.45) is 5.38. The quantitative estimate of drug-likeness (QED) is 0.669. The Labute approximate surface area is 132 Å². The predicted octanol–water partition coefficient (Wildman–Crippen LogP) is 1.94. The second-order valence-electron chi connectivity index (χ2n) is 7.02. The van der Waals surface area contributed by atoms with Gasteiger partial charge >= 0.3 is 5.97 Å². The van der Waals surface area contributed by atoms with Gasteiger partial charge in [-0.05, 0) is 48.3 Å². The molecular formula is C18H15NO4. The number of amides is 2. The largest absolute Gasteiger partial charge is 0.478 e. The van der Waals surface area contributed by atoms with Crippen LogP contribution in [0.25, 0.3) is 0 Å². The van der Waals surface area contributed by atoms with Gasteiger partial charge in [-0.3, -0.25) is 9.59 Å². The second kappa shape index (κ2) is 4.10. The van der Waals surface area contributed by atoms with Crippen LogP contribution in [0.15, 0.2) is 36.4 Å². The number of imide groups is 1. The van der Waals surface area contributed by atoms with Crippen molar-refractivity contribution in [3.63, 3.8) is 0 Å². The third-order valence-electron chi connectivity index (χ3n) is 6.01. The molecule has 2 amide bonds. The van der Waals surface area contributed by atoms with Gasteiger partial charge in [0, 0.05) is 0 Å². The van der Waals surface area contributed by atoms with E-state index < -0.39 is 5.97 Å². The first-order valence-corrected chi connectivity index (χ1v) is 7.97. The van der Waals surface area contributed by atoms with Crippen molar-refractivity contribution in [1.82, 2.24) is 0 Å². The van der Waals surface area contributed by atoms with Gasteiger partial charge in [-0.15, -0.1) is 0 Å². The molecule has 5 heteroatoms. The number of carbonyl (C=O) groups is 3. The number of allylic oxidation sites excluding steroid dienone is 2. The Morgan fingerprint density at radius 2 is 1.65 bits per heavy atom. The highest BCUT2D eigenvalue weighted by atomic mass is 16.4. The topological polar surface area (TPSA) is 74.7 Å². The minimum Gasteiger partial charge on any atom is -0.478 e.